The van der Waals surface area contributed by atoms with Gasteiger partial charge in [0.1, 0.15) is 6.04 Å². The number of hydrogen-bond donors (Lipinski definition) is 0. The van der Waals surface area contributed by atoms with Gasteiger partial charge in [-0.1, -0.05) is 44.0 Å². The van der Waals surface area contributed by atoms with E-state index in [1.165, 1.54) is 4.31 Å². The third-order valence-corrected chi connectivity index (χ3v) is 6.30. The summed E-state index contributed by atoms with van der Waals surface area (Å²) in [7, 11) is -3.38. The first kappa shape index (κ1) is 17.1. The fraction of sp³-hybridized carbons (Fsp3) is 0.529. The molecule has 0 radical (unpaired) electrons. The summed E-state index contributed by atoms with van der Waals surface area (Å²) in [4.78, 5) is 0. The standard InChI is InChI=1S/C17H23N3O3S/c1-3-4-7-10-24(21,22)20-12-15-9-6-5-8-14(15)11-16(20)17-19-18-13(2)23-17/h5-6,8-9,16H,3-4,7,10-12H2,1-2H3. The van der Waals surface area contributed by atoms with Gasteiger partial charge < -0.3 is 4.42 Å². The smallest absolute Gasteiger partial charge is 0.235 e. The molecule has 0 fully saturated rings. The van der Waals surface area contributed by atoms with Crippen molar-refractivity contribution in [2.24, 2.45) is 0 Å². The summed E-state index contributed by atoms with van der Waals surface area (Å²) in [6.45, 7) is 4.14. The summed E-state index contributed by atoms with van der Waals surface area (Å²) in [6, 6.07) is 7.51. The number of hydrogen-bond acceptors (Lipinski definition) is 5. The second kappa shape index (κ2) is 7.03. The number of fused-ring (bicyclic) bond motifs is 1. The van der Waals surface area contributed by atoms with E-state index < -0.39 is 16.1 Å². The van der Waals surface area contributed by atoms with E-state index in [1.54, 1.807) is 6.92 Å². The highest BCUT2D eigenvalue weighted by molar-refractivity contribution is 7.89. The van der Waals surface area contributed by atoms with Gasteiger partial charge in [0, 0.05) is 13.5 Å². The van der Waals surface area contributed by atoms with Gasteiger partial charge in [-0.2, -0.15) is 4.31 Å². The van der Waals surface area contributed by atoms with Crippen molar-refractivity contribution in [1.82, 2.24) is 14.5 Å². The highest BCUT2D eigenvalue weighted by Gasteiger charge is 2.38. The van der Waals surface area contributed by atoms with E-state index in [0.29, 0.717) is 31.2 Å². The molecular weight excluding hydrogens is 326 g/mol. The van der Waals surface area contributed by atoms with E-state index >= 15 is 0 Å². The number of benzene rings is 1. The quantitative estimate of drug-likeness (QED) is 0.749. The van der Waals surface area contributed by atoms with Gasteiger partial charge in [-0.15, -0.1) is 10.2 Å². The molecule has 2 aromatic rings. The van der Waals surface area contributed by atoms with E-state index in [0.717, 1.165) is 24.0 Å². The third kappa shape index (κ3) is 3.52. The Morgan fingerprint density at radius 1 is 1.21 bits per heavy atom. The maximum atomic E-state index is 12.9. The first-order valence-corrected chi connectivity index (χ1v) is 9.98. The van der Waals surface area contributed by atoms with Crippen molar-refractivity contribution in [2.45, 2.75) is 52.1 Å². The number of aryl methyl sites for hydroxylation is 1. The minimum absolute atomic E-state index is 0.159. The normalized spacial score (nSPS) is 18.5. The van der Waals surface area contributed by atoms with Gasteiger partial charge in [0.15, 0.2) is 0 Å². The van der Waals surface area contributed by atoms with E-state index in [9.17, 15) is 8.42 Å². The van der Waals surface area contributed by atoms with E-state index in [2.05, 4.69) is 17.1 Å². The maximum Gasteiger partial charge on any atom is 0.235 e. The first-order valence-electron chi connectivity index (χ1n) is 8.37. The molecule has 1 unspecified atom stereocenters. The monoisotopic (exact) mass is 349 g/mol. The van der Waals surface area contributed by atoms with Crippen LogP contribution < -0.4 is 0 Å². The third-order valence-electron chi connectivity index (χ3n) is 4.40. The molecule has 3 rings (SSSR count). The maximum absolute atomic E-state index is 12.9. The van der Waals surface area contributed by atoms with Crippen LogP contribution in [0.1, 0.15) is 55.1 Å². The van der Waals surface area contributed by atoms with Crippen molar-refractivity contribution < 1.29 is 12.8 Å². The van der Waals surface area contributed by atoms with Crippen LogP contribution in [0.2, 0.25) is 0 Å². The van der Waals surface area contributed by atoms with Crippen LogP contribution >= 0.6 is 0 Å². The Morgan fingerprint density at radius 3 is 2.62 bits per heavy atom. The number of nitrogens with zero attached hydrogens (tertiary/aromatic N) is 3. The lowest BCUT2D eigenvalue weighted by atomic mass is 9.96. The molecule has 0 N–H and O–H groups in total. The van der Waals surface area contributed by atoms with Crippen LogP contribution in [-0.2, 0) is 23.0 Å². The number of aromatic nitrogens is 2. The van der Waals surface area contributed by atoms with Crippen molar-refractivity contribution in [3.05, 3.63) is 47.2 Å². The Balaban J connectivity index is 1.94. The lowest BCUT2D eigenvalue weighted by Gasteiger charge is -2.34. The lowest BCUT2D eigenvalue weighted by Crippen LogP contribution is -2.40. The van der Waals surface area contributed by atoms with Crippen molar-refractivity contribution in [2.75, 3.05) is 5.75 Å². The van der Waals surface area contributed by atoms with Crippen LogP contribution in [0.15, 0.2) is 28.7 Å². The minimum atomic E-state index is -3.38. The topological polar surface area (TPSA) is 76.3 Å². The minimum Gasteiger partial charge on any atom is -0.424 e. The van der Waals surface area contributed by atoms with Gasteiger partial charge in [0.05, 0.1) is 5.75 Å². The van der Waals surface area contributed by atoms with Gasteiger partial charge in [-0.05, 0) is 24.0 Å². The van der Waals surface area contributed by atoms with E-state index in [4.69, 9.17) is 4.42 Å². The largest absolute Gasteiger partial charge is 0.424 e. The summed E-state index contributed by atoms with van der Waals surface area (Å²) in [5.41, 5.74) is 2.18. The molecule has 0 amide bonds. The average Bonchev–Trinajstić information content (AvgIpc) is 3.00. The van der Waals surface area contributed by atoms with Crippen molar-refractivity contribution >= 4 is 10.0 Å². The van der Waals surface area contributed by atoms with Crippen molar-refractivity contribution in [3.63, 3.8) is 0 Å². The molecule has 2 heterocycles. The average molecular weight is 349 g/mol. The molecule has 1 aromatic carbocycles. The van der Waals surface area contributed by atoms with Gasteiger partial charge in [-0.25, -0.2) is 8.42 Å². The zero-order chi connectivity index (χ0) is 17.2. The van der Waals surface area contributed by atoms with Crippen LogP contribution in [0.4, 0.5) is 0 Å². The fourth-order valence-electron chi connectivity index (χ4n) is 3.10. The molecule has 7 heteroatoms. The Hall–Kier alpha value is -1.73. The Kier molecular flexibility index (Phi) is 5.01. The van der Waals surface area contributed by atoms with Crippen LogP contribution in [-0.4, -0.2) is 28.7 Å². The molecule has 1 aromatic heterocycles. The molecule has 1 atom stereocenters. The van der Waals surface area contributed by atoms with Crippen LogP contribution in [0, 0.1) is 6.92 Å². The molecule has 0 saturated heterocycles. The summed E-state index contributed by atoms with van der Waals surface area (Å²) in [5.74, 6) is 0.986. The molecule has 1 aliphatic heterocycles. The second-order valence-corrected chi connectivity index (χ2v) is 8.26. The molecule has 1 aliphatic rings. The number of rotatable bonds is 6. The molecular formula is C17H23N3O3S. The van der Waals surface area contributed by atoms with Gasteiger partial charge in [0.2, 0.25) is 21.8 Å². The van der Waals surface area contributed by atoms with Crippen LogP contribution in [0.5, 0.6) is 0 Å². The van der Waals surface area contributed by atoms with Gasteiger partial charge in [0.25, 0.3) is 0 Å². The predicted octanol–water partition coefficient (Wildman–Crippen LogP) is 3.00. The second-order valence-electron chi connectivity index (χ2n) is 6.22. The van der Waals surface area contributed by atoms with E-state index in [-0.39, 0.29) is 5.75 Å². The fourth-order valence-corrected chi connectivity index (χ4v) is 4.79. The summed E-state index contributed by atoms with van der Waals surface area (Å²) in [5, 5.41) is 7.95. The highest BCUT2D eigenvalue weighted by Crippen LogP contribution is 2.35. The van der Waals surface area contributed by atoms with Crippen LogP contribution in [0.3, 0.4) is 0 Å². The zero-order valence-corrected chi connectivity index (χ0v) is 14.9. The Bertz CT molecular complexity index is 801. The Morgan fingerprint density at radius 2 is 1.96 bits per heavy atom. The molecule has 0 spiro atoms. The van der Waals surface area contributed by atoms with E-state index in [1.807, 2.05) is 24.3 Å². The lowest BCUT2D eigenvalue weighted by molar-refractivity contribution is 0.249. The van der Waals surface area contributed by atoms with Gasteiger partial charge in [-0.3, -0.25) is 0 Å². The van der Waals surface area contributed by atoms with Crippen LogP contribution in [0.25, 0.3) is 0 Å². The zero-order valence-electron chi connectivity index (χ0n) is 14.1. The van der Waals surface area contributed by atoms with Crippen molar-refractivity contribution in [1.29, 1.82) is 0 Å². The summed E-state index contributed by atoms with van der Waals surface area (Å²) < 4.78 is 32.9. The van der Waals surface area contributed by atoms with Crippen molar-refractivity contribution in [3.8, 4) is 0 Å². The summed E-state index contributed by atoms with van der Waals surface area (Å²) >= 11 is 0. The molecule has 0 aliphatic carbocycles. The first-order chi connectivity index (χ1) is 11.5. The molecule has 130 valence electrons. The molecule has 24 heavy (non-hydrogen) atoms. The predicted molar refractivity (Wildman–Crippen MR) is 90.8 cm³/mol. The molecule has 0 saturated carbocycles. The number of unbranched alkanes of at least 4 members (excludes halogenated alkanes) is 2. The Labute approximate surface area is 142 Å². The highest BCUT2D eigenvalue weighted by atomic mass is 32.2. The molecule has 0 bridgehead atoms. The summed E-state index contributed by atoms with van der Waals surface area (Å²) in [6.07, 6.45) is 3.13. The number of sulfonamides is 1. The van der Waals surface area contributed by atoms with Gasteiger partial charge >= 0.3 is 0 Å². The molecule has 6 nitrogen and oxygen atoms in total. The SMILES string of the molecule is CCCCCS(=O)(=O)N1Cc2ccccc2CC1c1nnc(C)o1.